The number of carbonyl (C=O) groups is 2. The van der Waals surface area contributed by atoms with E-state index in [-0.39, 0.29) is 24.5 Å². The minimum atomic E-state index is -0.801. The van der Waals surface area contributed by atoms with E-state index >= 15 is 0 Å². The van der Waals surface area contributed by atoms with Gasteiger partial charge in [-0.25, -0.2) is 0 Å². The standard InChI is InChI=1S/C14H17NO5/c1-19-11-2-4-12(5-3-11)20-8-13(16)15-10-6-9(7-10)14(17)18/h2-5,9-10H,6-8H2,1H3,(H,15,16)(H,17,18). The van der Waals surface area contributed by atoms with Gasteiger partial charge in [0, 0.05) is 6.04 Å². The summed E-state index contributed by atoms with van der Waals surface area (Å²) in [6, 6.07) is 6.88. The Hall–Kier alpha value is -2.24. The molecule has 1 aromatic rings. The molecule has 0 heterocycles. The van der Waals surface area contributed by atoms with E-state index in [0.29, 0.717) is 18.6 Å². The lowest BCUT2D eigenvalue weighted by Gasteiger charge is -2.32. The third-order valence-corrected chi connectivity index (χ3v) is 3.28. The molecule has 0 aromatic heterocycles. The highest BCUT2D eigenvalue weighted by molar-refractivity contribution is 5.78. The van der Waals surface area contributed by atoms with Crippen molar-refractivity contribution in [2.75, 3.05) is 13.7 Å². The fraction of sp³-hybridized carbons (Fsp3) is 0.429. The van der Waals surface area contributed by atoms with Gasteiger partial charge in [0.1, 0.15) is 11.5 Å². The van der Waals surface area contributed by atoms with Crippen molar-refractivity contribution in [3.63, 3.8) is 0 Å². The van der Waals surface area contributed by atoms with Crippen LogP contribution in [0.5, 0.6) is 11.5 Å². The van der Waals surface area contributed by atoms with Gasteiger partial charge in [-0.1, -0.05) is 0 Å². The highest BCUT2D eigenvalue weighted by Gasteiger charge is 2.35. The predicted molar refractivity (Wildman–Crippen MR) is 70.8 cm³/mol. The fourth-order valence-corrected chi connectivity index (χ4v) is 2.03. The molecule has 1 aliphatic carbocycles. The first-order valence-corrected chi connectivity index (χ1v) is 6.37. The number of carboxylic acids is 1. The van der Waals surface area contributed by atoms with Crippen LogP contribution in [0.15, 0.2) is 24.3 Å². The highest BCUT2D eigenvalue weighted by Crippen LogP contribution is 2.27. The number of aliphatic carboxylic acids is 1. The van der Waals surface area contributed by atoms with Gasteiger partial charge in [0.15, 0.2) is 6.61 Å². The third-order valence-electron chi connectivity index (χ3n) is 3.28. The Balaban J connectivity index is 1.69. The van der Waals surface area contributed by atoms with Crippen molar-refractivity contribution in [2.45, 2.75) is 18.9 Å². The van der Waals surface area contributed by atoms with Crippen molar-refractivity contribution in [1.29, 1.82) is 0 Å². The number of methoxy groups -OCH3 is 1. The van der Waals surface area contributed by atoms with Crippen LogP contribution in [0.2, 0.25) is 0 Å². The van der Waals surface area contributed by atoms with Crippen molar-refractivity contribution in [3.05, 3.63) is 24.3 Å². The highest BCUT2D eigenvalue weighted by atomic mass is 16.5. The van der Waals surface area contributed by atoms with Crippen LogP contribution >= 0.6 is 0 Å². The Kier molecular flexibility index (Phi) is 4.45. The van der Waals surface area contributed by atoms with Gasteiger partial charge in [-0.15, -0.1) is 0 Å². The van der Waals surface area contributed by atoms with Gasteiger partial charge >= 0.3 is 5.97 Å². The minimum Gasteiger partial charge on any atom is -0.497 e. The number of ether oxygens (including phenoxy) is 2. The summed E-state index contributed by atoms with van der Waals surface area (Å²) >= 11 is 0. The molecular formula is C14H17NO5. The van der Waals surface area contributed by atoms with Gasteiger partial charge in [0.2, 0.25) is 0 Å². The lowest BCUT2D eigenvalue weighted by Crippen LogP contribution is -2.48. The quantitative estimate of drug-likeness (QED) is 0.813. The van der Waals surface area contributed by atoms with Gasteiger partial charge in [-0.2, -0.15) is 0 Å². The Morgan fingerprint density at radius 1 is 1.25 bits per heavy atom. The van der Waals surface area contributed by atoms with E-state index < -0.39 is 5.97 Å². The summed E-state index contributed by atoms with van der Waals surface area (Å²) in [7, 11) is 1.58. The predicted octanol–water partition coefficient (Wildman–Crippen LogP) is 1.05. The van der Waals surface area contributed by atoms with Gasteiger partial charge in [-0.05, 0) is 37.1 Å². The summed E-state index contributed by atoms with van der Waals surface area (Å²) < 4.78 is 10.3. The molecule has 0 saturated heterocycles. The van der Waals surface area contributed by atoms with Crippen LogP contribution in [0.3, 0.4) is 0 Å². The number of amides is 1. The van der Waals surface area contributed by atoms with E-state index in [4.69, 9.17) is 14.6 Å². The van der Waals surface area contributed by atoms with Crippen LogP contribution in [0.4, 0.5) is 0 Å². The largest absolute Gasteiger partial charge is 0.497 e. The van der Waals surface area contributed by atoms with E-state index in [9.17, 15) is 9.59 Å². The van der Waals surface area contributed by atoms with Crippen LogP contribution in [-0.4, -0.2) is 36.7 Å². The van der Waals surface area contributed by atoms with E-state index in [2.05, 4.69) is 5.32 Å². The maximum atomic E-state index is 11.6. The molecular weight excluding hydrogens is 262 g/mol. The summed E-state index contributed by atoms with van der Waals surface area (Å²) in [5.74, 6) is -0.0728. The lowest BCUT2D eigenvalue weighted by molar-refractivity contribution is -0.146. The van der Waals surface area contributed by atoms with Crippen molar-refractivity contribution in [1.82, 2.24) is 5.32 Å². The molecule has 0 atom stereocenters. The number of rotatable bonds is 6. The molecule has 2 rings (SSSR count). The Morgan fingerprint density at radius 3 is 2.40 bits per heavy atom. The van der Waals surface area contributed by atoms with Crippen LogP contribution in [-0.2, 0) is 9.59 Å². The molecule has 6 nitrogen and oxygen atoms in total. The lowest BCUT2D eigenvalue weighted by atomic mass is 9.80. The number of benzene rings is 1. The number of hydrogen-bond acceptors (Lipinski definition) is 4. The monoisotopic (exact) mass is 279 g/mol. The number of nitrogens with one attached hydrogen (secondary N) is 1. The topological polar surface area (TPSA) is 84.9 Å². The first-order chi connectivity index (χ1) is 9.58. The van der Waals surface area contributed by atoms with E-state index in [1.165, 1.54) is 0 Å². The van der Waals surface area contributed by atoms with Crippen LogP contribution in [0.25, 0.3) is 0 Å². The molecule has 0 radical (unpaired) electrons. The zero-order chi connectivity index (χ0) is 14.5. The maximum absolute atomic E-state index is 11.6. The maximum Gasteiger partial charge on any atom is 0.306 e. The normalized spacial score (nSPS) is 20.6. The number of carbonyl (C=O) groups excluding carboxylic acids is 1. The van der Waals surface area contributed by atoms with Crippen LogP contribution in [0, 0.1) is 5.92 Å². The number of carboxylic acid groups (broad SMARTS) is 1. The molecule has 1 amide bonds. The summed E-state index contributed by atoms with van der Waals surface area (Å²) in [6.07, 6.45) is 0.979. The first kappa shape index (κ1) is 14.2. The molecule has 0 aliphatic heterocycles. The van der Waals surface area contributed by atoms with Crippen molar-refractivity contribution in [3.8, 4) is 11.5 Å². The van der Waals surface area contributed by atoms with Crippen molar-refractivity contribution < 1.29 is 24.2 Å². The molecule has 1 fully saturated rings. The summed E-state index contributed by atoms with van der Waals surface area (Å²) in [4.78, 5) is 22.2. The first-order valence-electron chi connectivity index (χ1n) is 6.37. The molecule has 1 aromatic carbocycles. The summed E-state index contributed by atoms with van der Waals surface area (Å²) in [6.45, 7) is -0.0828. The van der Waals surface area contributed by atoms with Crippen molar-refractivity contribution in [2.24, 2.45) is 5.92 Å². The van der Waals surface area contributed by atoms with Gasteiger partial charge < -0.3 is 19.9 Å². The second-order valence-electron chi connectivity index (χ2n) is 4.74. The Bertz CT molecular complexity index is 479. The zero-order valence-electron chi connectivity index (χ0n) is 11.2. The molecule has 1 aliphatic rings. The van der Waals surface area contributed by atoms with Crippen molar-refractivity contribution >= 4 is 11.9 Å². The molecule has 2 N–H and O–H groups in total. The molecule has 6 heteroatoms. The molecule has 0 spiro atoms. The van der Waals surface area contributed by atoms with Crippen LogP contribution in [0.1, 0.15) is 12.8 Å². The SMILES string of the molecule is COc1ccc(OCC(=O)NC2CC(C(=O)O)C2)cc1. The second kappa shape index (κ2) is 6.27. The molecule has 0 bridgehead atoms. The molecule has 108 valence electrons. The molecule has 20 heavy (non-hydrogen) atoms. The third kappa shape index (κ3) is 3.63. The van der Waals surface area contributed by atoms with Gasteiger partial charge in [0.25, 0.3) is 5.91 Å². The van der Waals surface area contributed by atoms with Crippen LogP contribution < -0.4 is 14.8 Å². The number of hydrogen-bond donors (Lipinski definition) is 2. The van der Waals surface area contributed by atoms with Gasteiger partial charge in [-0.3, -0.25) is 9.59 Å². The molecule has 0 unspecified atom stereocenters. The second-order valence-corrected chi connectivity index (χ2v) is 4.74. The average molecular weight is 279 g/mol. The smallest absolute Gasteiger partial charge is 0.306 e. The van der Waals surface area contributed by atoms with E-state index in [1.807, 2.05) is 0 Å². The Labute approximate surface area is 116 Å². The molecule has 1 saturated carbocycles. The average Bonchev–Trinajstić information content (AvgIpc) is 2.40. The summed E-state index contributed by atoms with van der Waals surface area (Å²) in [5, 5.41) is 11.5. The fourth-order valence-electron chi connectivity index (χ4n) is 2.03. The van der Waals surface area contributed by atoms with E-state index in [0.717, 1.165) is 5.75 Å². The van der Waals surface area contributed by atoms with Gasteiger partial charge in [0.05, 0.1) is 13.0 Å². The summed E-state index contributed by atoms with van der Waals surface area (Å²) in [5.41, 5.74) is 0. The Morgan fingerprint density at radius 2 is 1.85 bits per heavy atom. The van der Waals surface area contributed by atoms with E-state index in [1.54, 1.807) is 31.4 Å². The zero-order valence-corrected chi connectivity index (χ0v) is 11.2. The minimum absolute atomic E-state index is 0.0527.